The molecule has 0 aromatic rings. The Morgan fingerprint density at radius 1 is 1.04 bits per heavy atom. The second kappa shape index (κ2) is 15.8. The van der Waals surface area contributed by atoms with E-state index in [4.69, 9.17) is 0 Å². The molecule has 0 amide bonds. The fourth-order valence-corrected chi connectivity index (χ4v) is 2.23. The molecule has 2 atom stereocenters. The maximum atomic E-state index is 10.9. The highest BCUT2D eigenvalue weighted by molar-refractivity contribution is 5.68. The second-order valence-corrected chi connectivity index (χ2v) is 5.90. The first kappa shape index (κ1) is 21.9. The monoisotopic (exact) mass is 326 g/mol. The van der Waals surface area contributed by atoms with Crippen LogP contribution in [0.4, 0.5) is 0 Å². The van der Waals surface area contributed by atoms with Crippen LogP contribution in [0.5, 0.6) is 0 Å². The molecule has 0 spiro atoms. The summed E-state index contributed by atoms with van der Waals surface area (Å²) in [6.45, 7) is 2.20. The van der Waals surface area contributed by atoms with Gasteiger partial charge in [0.2, 0.25) is 0 Å². The number of unbranched alkanes of at least 4 members (excludes halogenated alkanes) is 3. The summed E-state index contributed by atoms with van der Waals surface area (Å²) >= 11 is 0. The molecular formula is C19H34O4. The van der Waals surface area contributed by atoms with Gasteiger partial charge in [-0.05, 0) is 44.9 Å². The van der Waals surface area contributed by atoms with Crippen molar-refractivity contribution >= 4 is 5.97 Å². The zero-order valence-corrected chi connectivity index (χ0v) is 14.7. The number of allylic oxidation sites excluding steroid dienone is 3. The molecular weight excluding hydrogens is 292 g/mol. The van der Waals surface area contributed by atoms with Crippen LogP contribution >= 0.6 is 0 Å². The van der Waals surface area contributed by atoms with Crippen LogP contribution in [0.2, 0.25) is 0 Å². The van der Waals surface area contributed by atoms with E-state index in [0.717, 1.165) is 12.8 Å². The Bertz CT molecular complexity index is 336. The van der Waals surface area contributed by atoms with Gasteiger partial charge in [0, 0.05) is 6.42 Å². The van der Waals surface area contributed by atoms with Gasteiger partial charge in [-0.2, -0.15) is 0 Å². The average Bonchev–Trinajstić information content (AvgIpc) is 2.55. The van der Waals surface area contributed by atoms with Crippen LogP contribution in [0, 0.1) is 0 Å². The van der Waals surface area contributed by atoms with Gasteiger partial charge in [-0.15, -0.1) is 0 Å². The van der Waals surface area contributed by atoms with Crippen LogP contribution < -0.4 is 0 Å². The van der Waals surface area contributed by atoms with Crippen LogP contribution in [0.3, 0.4) is 0 Å². The van der Waals surface area contributed by atoms with Crippen molar-refractivity contribution in [3.05, 3.63) is 24.3 Å². The Balaban J connectivity index is 3.62. The molecule has 0 radical (unpaired) electrons. The summed E-state index contributed by atoms with van der Waals surface area (Å²) in [5, 5.41) is 19.6. The molecule has 0 rings (SSSR count). The quantitative estimate of drug-likeness (QED) is 0.288. The van der Waals surface area contributed by atoms with Gasteiger partial charge in [-0.25, -0.2) is 0 Å². The van der Waals surface area contributed by atoms with Crippen molar-refractivity contribution in [2.45, 2.75) is 83.3 Å². The predicted octanol–water partition coefficient (Wildman–Crippen LogP) is 3.91. The van der Waals surface area contributed by atoms with Gasteiger partial charge in [0.15, 0.2) is 0 Å². The lowest BCUT2D eigenvalue weighted by molar-refractivity contribution is -0.140. The maximum Gasteiger partial charge on any atom is 0.305 e. The minimum atomic E-state index is -0.515. The third-order valence-electron chi connectivity index (χ3n) is 3.71. The highest BCUT2D eigenvalue weighted by Gasteiger charge is 2.08. The smallest absolute Gasteiger partial charge is 0.305 e. The van der Waals surface area contributed by atoms with E-state index in [2.05, 4.69) is 23.8 Å². The van der Waals surface area contributed by atoms with Crippen LogP contribution in [-0.4, -0.2) is 35.5 Å². The number of esters is 1. The van der Waals surface area contributed by atoms with Gasteiger partial charge in [0.1, 0.15) is 0 Å². The van der Waals surface area contributed by atoms with Gasteiger partial charge < -0.3 is 14.9 Å². The maximum absolute atomic E-state index is 10.9. The zero-order chi connectivity index (χ0) is 17.3. The fourth-order valence-electron chi connectivity index (χ4n) is 2.23. The summed E-state index contributed by atoms with van der Waals surface area (Å²) in [7, 11) is 1.36. The van der Waals surface area contributed by atoms with E-state index < -0.39 is 12.2 Å². The molecule has 0 aliphatic heterocycles. The molecule has 0 aromatic heterocycles. The topological polar surface area (TPSA) is 66.8 Å². The Kier molecular flexibility index (Phi) is 15.0. The minimum absolute atomic E-state index is 0.247. The number of methoxy groups -OCH3 is 1. The molecule has 4 nitrogen and oxygen atoms in total. The Morgan fingerprint density at radius 3 is 2.52 bits per heavy atom. The van der Waals surface area contributed by atoms with Crippen molar-refractivity contribution < 1.29 is 19.7 Å². The molecule has 0 fully saturated rings. The number of rotatable bonds is 14. The Morgan fingerprint density at radius 2 is 1.83 bits per heavy atom. The van der Waals surface area contributed by atoms with Crippen molar-refractivity contribution in [2.24, 2.45) is 0 Å². The number of ether oxygens (including phenoxy) is 1. The number of carbonyl (C=O) groups excluding carboxylic acids is 1. The summed E-state index contributed by atoms with van der Waals surface area (Å²) in [4.78, 5) is 10.9. The molecule has 0 aromatic carbocycles. The van der Waals surface area contributed by atoms with Crippen molar-refractivity contribution in [1.82, 2.24) is 0 Å². The number of hydrogen-bond donors (Lipinski definition) is 2. The highest BCUT2D eigenvalue weighted by atomic mass is 16.5. The molecule has 2 unspecified atom stereocenters. The summed E-state index contributed by atoms with van der Waals surface area (Å²) in [5.74, 6) is -0.247. The second-order valence-electron chi connectivity index (χ2n) is 5.90. The molecule has 134 valence electrons. The van der Waals surface area contributed by atoms with Crippen molar-refractivity contribution in [3.8, 4) is 0 Å². The molecule has 23 heavy (non-hydrogen) atoms. The molecule has 0 bridgehead atoms. The van der Waals surface area contributed by atoms with E-state index in [1.54, 1.807) is 6.08 Å². The van der Waals surface area contributed by atoms with Gasteiger partial charge in [0.05, 0.1) is 19.3 Å². The van der Waals surface area contributed by atoms with Crippen molar-refractivity contribution in [2.75, 3.05) is 7.11 Å². The van der Waals surface area contributed by atoms with Gasteiger partial charge in [-0.1, -0.05) is 44.1 Å². The van der Waals surface area contributed by atoms with Gasteiger partial charge >= 0.3 is 5.97 Å². The van der Waals surface area contributed by atoms with Crippen molar-refractivity contribution in [3.63, 3.8) is 0 Å². The van der Waals surface area contributed by atoms with E-state index in [9.17, 15) is 15.0 Å². The lowest BCUT2D eigenvalue weighted by Gasteiger charge is -2.11. The molecule has 0 saturated heterocycles. The van der Waals surface area contributed by atoms with E-state index in [0.29, 0.717) is 32.1 Å². The third-order valence-corrected chi connectivity index (χ3v) is 3.71. The highest BCUT2D eigenvalue weighted by Crippen LogP contribution is 2.10. The van der Waals surface area contributed by atoms with E-state index in [1.165, 1.54) is 26.4 Å². The molecule has 0 aliphatic carbocycles. The molecule has 0 heterocycles. The third kappa shape index (κ3) is 15.5. The SMILES string of the molecule is CCCCCC=CCC=CC(O)CCC(O)CCCC(=O)OC. The van der Waals surface area contributed by atoms with E-state index in [-0.39, 0.29) is 5.97 Å². The van der Waals surface area contributed by atoms with Crippen LogP contribution in [0.1, 0.15) is 71.1 Å². The lowest BCUT2D eigenvalue weighted by Crippen LogP contribution is -2.12. The molecule has 0 aliphatic rings. The molecule has 4 heteroatoms. The van der Waals surface area contributed by atoms with Crippen LogP contribution in [0.15, 0.2) is 24.3 Å². The lowest BCUT2D eigenvalue weighted by atomic mass is 10.0. The first-order valence-corrected chi connectivity index (χ1v) is 8.84. The number of aliphatic hydroxyl groups excluding tert-OH is 2. The van der Waals surface area contributed by atoms with Crippen molar-refractivity contribution in [1.29, 1.82) is 0 Å². The minimum Gasteiger partial charge on any atom is -0.469 e. The summed E-state index contributed by atoms with van der Waals surface area (Å²) in [6.07, 6.45) is 15.4. The Labute approximate surface area is 141 Å². The standard InChI is InChI=1S/C19H34O4/c1-3-4-5-6-7-8-9-10-12-17(20)15-16-18(21)13-11-14-19(22)23-2/h7-8,10,12,17-18,20-21H,3-6,9,11,13-16H2,1-2H3. The van der Waals surface area contributed by atoms with Crippen LogP contribution in [-0.2, 0) is 9.53 Å². The molecule has 0 saturated carbocycles. The van der Waals surface area contributed by atoms with Gasteiger partial charge in [0.25, 0.3) is 0 Å². The van der Waals surface area contributed by atoms with Gasteiger partial charge in [-0.3, -0.25) is 4.79 Å². The van der Waals surface area contributed by atoms with E-state index >= 15 is 0 Å². The number of carbonyl (C=O) groups is 1. The number of aliphatic hydroxyl groups is 2. The van der Waals surface area contributed by atoms with Crippen LogP contribution in [0.25, 0.3) is 0 Å². The summed E-state index contributed by atoms with van der Waals surface area (Å²) < 4.78 is 4.55. The predicted molar refractivity (Wildman–Crippen MR) is 94.2 cm³/mol. The molecule has 2 N–H and O–H groups in total. The average molecular weight is 326 g/mol. The first-order chi connectivity index (χ1) is 11.1. The Hall–Kier alpha value is -1.13. The summed E-state index contributed by atoms with van der Waals surface area (Å²) in [5.41, 5.74) is 0. The largest absolute Gasteiger partial charge is 0.469 e. The fraction of sp³-hybridized carbons (Fsp3) is 0.737. The first-order valence-electron chi connectivity index (χ1n) is 8.84. The summed E-state index contributed by atoms with van der Waals surface area (Å²) in [6, 6.07) is 0. The number of hydrogen-bond acceptors (Lipinski definition) is 4. The van der Waals surface area contributed by atoms with E-state index in [1.807, 2.05) is 6.08 Å². The zero-order valence-electron chi connectivity index (χ0n) is 14.7. The normalized spacial score (nSPS) is 14.4.